The topological polar surface area (TPSA) is 43.6 Å². The third-order valence-electron chi connectivity index (χ3n) is 11.2. The molecule has 0 saturated carbocycles. The first-order valence-electron chi connectivity index (χ1n) is 18.9. The van der Waals surface area contributed by atoms with Gasteiger partial charge < -0.3 is 4.57 Å². The number of para-hydroxylation sites is 1. The summed E-state index contributed by atoms with van der Waals surface area (Å²) in [5.74, 6) is 1.94. The third-order valence-corrected chi connectivity index (χ3v) is 12.4. The van der Waals surface area contributed by atoms with Gasteiger partial charge in [-0.05, 0) is 45.8 Å². The zero-order chi connectivity index (χ0) is 36.7. The quantitative estimate of drug-likeness (QED) is 0.169. The summed E-state index contributed by atoms with van der Waals surface area (Å²) in [5.41, 5.74) is 6.41. The van der Waals surface area contributed by atoms with E-state index in [0.29, 0.717) is 17.5 Å². The number of aromatic nitrogens is 4. The van der Waals surface area contributed by atoms with Crippen LogP contribution < -0.4 is 0 Å². The van der Waals surface area contributed by atoms with Crippen LogP contribution in [-0.4, -0.2) is 19.5 Å². The molecule has 3 aromatic heterocycles. The van der Waals surface area contributed by atoms with Crippen molar-refractivity contribution >= 4 is 85.6 Å². The fraction of sp³-hybridized carbons (Fsp3) is 0. The Morgan fingerprint density at radius 3 is 1.68 bits per heavy atom. The second kappa shape index (κ2) is 12.2. The lowest BCUT2D eigenvalue weighted by Crippen LogP contribution is -2.01. The van der Waals surface area contributed by atoms with Gasteiger partial charge in [0, 0.05) is 58.4 Å². The first-order valence-corrected chi connectivity index (χ1v) is 19.7. The van der Waals surface area contributed by atoms with Crippen LogP contribution >= 0.6 is 11.3 Å². The van der Waals surface area contributed by atoms with E-state index in [9.17, 15) is 0 Å². The Balaban J connectivity index is 1.21. The molecule has 0 radical (unpaired) electrons. The molecule has 0 atom stereocenters. The summed E-state index contributed by atoms with van der Waals surface area (Å²) in [7, 11) is 0. The molecule has 0 amide bonds. The molecule has 0 aliphatic heterocycles. The van der Waals surface area contributed by atoms with Crippen molar-refractivity contribution in [1.82, 2.24) is 19.5 Å². The predicted molar refractivity (Wildman–Crippen MR) is 236 cm³/mol. The first kappa shape index (κ1) is 31.2. The van der Waals surface area contributed by atoms with Crippen LogP contribution in [0.25, 0.3) is 114 Å². The third kappa shape index (κ3) is 4.55. The van der Waals surface area contributed by atoms with Gasteiger partial charge in [0.25, 0.3) is 0 Å². The van der Waals surface area contributed by atoms with Crippen LogP contribution in [-0.2, 0) is 0 Å². The highest BCUT2D eigenvalue weighted by Gasteiger charge is 2.22. The molecule has 0 fully saturated rings. The second-order valence-electron chi connectivity index (χ2n) is 14.3. The number of thiophene rings is 1. The van der Waals surface area contributed by atoms with Crippen molar-refractivity contribution < 1.29 is 0 Å². The summed E-state index contributed by atoms with van der Waals surface area (Å²) in [6.07, 6.45) is 0. The van der Waals surface area contributed by atoms with Gasteiger partial charge in [0.15, 0.2) is 17.5 Å². The van der Waals surface area contributed by atoms with Gasteiger partial charge in [-0.3, -0.25) is 0 Å². The van der Waals surface area contributed by atoms with Crippen LogP contribution in [0.3, 0.4) is 0 Å². The normalized spacial score (nSPS) is 11.9. The Labute approximate surface area is 325 Å². The largest absolute Gasteiger partial charge is 0.309 e. The van der Waals surface area contributed by atoms with Crippen molar-refractivity contribution in [2.24, 2.45) is 0 Å². The van der Waals surface area contributed by atoms with Crippen LogP contribution in [0, 0.1) is 0 Å². The van der Waals surface area contributed by atoms with Gasteiger partial charge in [-0.2, -0.15) is 0 Å². The van der Waals surface area contributed by atoms with Crippen molar-refractivity contribution in [1.29, 1.82) is 0 Å². The number of rotatable bonds is 4. The van der Waals surface area contributed by atoms with E-state index in [4.69, 9.17) is 15.0 Å². The highest BCUT2D eigenvalue weighted by atomic mass is 32.1. The Morgan fingerprint density at radius 1 is 0.339 bits per heavy atom. The van der Waals surface area contributed by atoms with Crippen molar-refractivity contribution in [2.45, 2.75) is 0 Å². The molecular formula is C51H30N4S. The molecule has 0 N–H and O–H groups in total. The lowest BCUT2D eigenvalue weighted by atomic mass is 9.90. The van der Waals surface area contributed by atoms with Crippen molar-refractivity contribution in [2.75, 3.05) is 0 Å². The molecule has 3 heterocycles. The van der Waals surface area contributed by atoms with E-state index in [0.717, 1.165) is 33.2 Å². The van der Waals surface area contributed by atoms with Gasteiger partial charge >= 0.3 is 0 Å². The lowest BCUT2D eigenvalue weighted by molar-refractivity contribution is 1.08. The van der Waals surface area contributed by atoms with Crippen LogP contribution in [0.4, 0.5) is 0 Å². The summed E-state index contributed by atoms with van der Waals surface area (Å²) in [4.78, 5) is 15.4. The Hall–Kier alpha value is -7.21. The number of hydrogen-bond acceptors (Lipinski definition) is 4. The molecule has 0 aliphatic carbocycles. The minimum atomic E-state index is 0.648. The van der Waals surface area contributed by atoms with Crippen molar-refractivity contribution in [3.8, 4) is 39.9 Å². The summed E-state index contributed by atoms with van der Waals surface area (Å²) in [5, 5.41) is 12.2. The maximum absolute atomic E-state index is 5.21. The minimum Gasteiger partial charge on any atom is -0.309 e. The molecule has 0 spiro atoms. The number of nitrogens with zero attached hydrogens (tertiary/aromatic N) is 4. The van der Waals surface area contributed by atoms with Gasteiger partial charge in [-0.15, -0.1) is 11.3 Å². The van der Waals surface area contributed by atoms with Crippen LogP contribution in [0.15, 0.2) is 182 Å². The van der Waals surface area contributed by atoms with Gasteiger partial charge in [0.1, 0.15) is 0 Å². The zero-order valence-electron chi connectivity index (χ0n) is 30.0. The van der Waals surface area contributed by atoms with E-state index in [1.165, 1.54) is 63.5 Å². The minimum absolute atomic E-state index is 0.648. The van der Waals surface area contributed by atoms with Gasteiger partial charge in [0.2, 0.25) is 0 Å². The summed E-state index contributed by atoms with van der Waals surface area (Å²) < 4.78 is 5.13. The van der Waals surface area contributed by atoms with Crippen molar-refractivity contribution in [3.05, 3.63) is 182 Å². The van der Waals surface area contributed by atoms with Crippen molar-refractivity contribution in [3.63, 3.8) is 0 Å². The molecule has 9 aromatic carbocycles. The fourth-order valence-corrected chi connectivity index (χ4v) is 10.1. The van der Waals surface area contributed by atoms with Crippen LogP contribution in [0.5, 0.6) is 0 Å². The van der Waals surface area contributed by atoms with E-state index in [2.05, 4.69) is 150 Å². The first-order chi connectivity index (χ1) is 27.8. The van der Waals surface area contributed by atoms with E-state index < -0.39 is 0 Å². The average Bonchev–Trinajstić information content (AvgIpc) is 3.82. The fourth-order valence-electron chi connectivity index (χ4n) is 8.83. The molecule has 260 valence electrons. The Bertz CT molecular complexity index is 3470. The molecule has 12 aromatic rings. The molecular weight excluding hydrogens is 701 g/mol. The summed E-state index contributed by atoms with van der Waals surface area (Å²) in [6.45, 7) is 0. The lowest BCUT2D eigenvalue weighted by Gasteiger charge is -2.18. The van der Waals surface area contributed by atoms with Crippen LogP contribution in [0.1, 0.15) is 0 Å². The highest BCUT2D eigenvalue weighted by Crippen LogP contribution is 2.46. The maximum Gasteiger partial charge on any atom is 0.164 e. The monoisotopic (exact) mass is 730 g/mol. The standard InChI is InChI=1S/C51H30N4S/c1-3-15-31(16-4-1)49-52-50(32-17-5-2-6-18-32)54-51(53-49)40-25-13-24-39-45(40)35-21-8-7-19-33(35)36-23-14-27-42(46(36)39)55-41-26-11-9-22-38(41)47-43(55)30-29-37-34-20-10-12-28-44(34)56-48(37)47/h1-30H. The van der Waals surface area contributed by atoms with Gasteiger partial charge in [0.05, 0.1) is 16.7 Å². The maximum atomic E-state index is 5.21. The van der Waals surface area contributed by atoms with Gasteiger partial charge in [-0.1, -0.05) is 158 Å². The smallest absolute Gasteiger partial charge is 0.164 e. The van der Waals surface area contributed by atoms with Crippen LogP contribution in [0.2, 0.25) is 0 Å². The molecule has 0 bridgehead atoms. The molecule has 0 saturated heterocycles. The molecule has 5 heteroatoms. The number of hydrogen-bond donors (Lipinski definition) is 0. The van der Waals surface area contributed by atoms with E-state index in [1.54, 1.807) is 0 Å². The molecule has 4 nitrogen and oxygen atoms in total. The number of benzene rings is 9. The average molecular weight is 731 g/mol. The summed E-state index contributed by atoms with van der Waals surface area (Å²) >= 11 is 1.89. The molecule has 0 unspecified atom stereocenters. The Morgan fingerprint density at radius 2 is 0.911 bits per heavy atom. The van der Waals surface area contributed by atoms with E-state index >= 15 is 0 Å². The number of fused-ring (bicyclic) bond motifs is 13. The molecule has 12 rings (SSSR count). The highest BCUT2D eigenvalue weighted by molar-refractivity contribution is 7.26. The summed E-state index contributed by atoms with van der Waals surface area (Å²) in [6, 6.07) is 64.8. The SMILES string of the molecule is c1ccc(-c2nc(-c3ccccc3)nc(-c3cccc4c3c3ccccc3c3cccc(-n5c6ccccc6c6c7sc8ccccc8c7ccc65)c34)n2)cc1. The van der Waals surface area contributed by atoms with E-state index in [1.807, 2.05) is 47.7 Å². The second-order valence-corrected chi connectivity index (χ2v) is 15.4. The van der Waals surface area contributed by atoms with E-state index in [-0.39, 0.29) is 0 Å². The Kier molecular flexibility index (Phi) is 6.76. The molecule has 56 heavy (non-hydrogen) atoms. The molecule has 0 aliphatic rings. The predicted octanol–water partition coefficient (Wildman–Crippen LogP) is 13.8. The zero-order valence-corrected chi connectivity index (χ0v) is 30.8. The van der Waals surface area contributed by atoms with Gasteiger partial charge in [-0.25, -0.2) is 15.0 Å².